The van der Waals surface area contributed by atoms with Gasteiger partial charge in [-0.05, 0) is 51.4 Å². The number of phosphoric ester groups is 1. The van der Waals surface area contributed by atoms with E-state index in [1.807, 2.05) is 0 Å². The number of hydrogen-bond acceptors (Lipinski definition) is 6. The quantitative estimate of drug-likeness (QED) is 0.0315. The maximum absolute atomic E-state index is 12.3. The van der Waals surface area contributed by atoms with E-state index in [1.165, 1.54) is 44.9 Å². The first kappa shape index (κ1) is 44.0. The second-order valence-corrected chi connectivity index (χ2v) is 13.1. The highest BCUT2D eigenvalue weighted by molar-refractivity contribution is 7.46. The average Bonchev–Trinajstić information content (AvgIpc) is 3.02. The van der Waals surface area contributed by atoms with E-state index < -0.39 is 32.5 Å². The molecule has 0 fully saturated rings. The van der Waals surface area contributed by atoms with Crippen LogP contribution in [-0.4, -0.2) is 41.0 Å². The fourth-order valence-electron chi connectivity index (χ4n) is 4.72. The summed E-state index contributed by atoms with van der Waals surface area (Å²) in [5.41, 5.74) is 0. The third-order valence-electron chi connectivity index (χ3n) is 7.36. The summed E-state index contributed by atoms with van der Waals surface area (Å²) in [5, 5.41) is 0. The largest absolute Gasteiger partial charge is 0.469 e. The molecule has 9 heteroatoms. The fraction of sp³-hybridized carbons (Fsp3) is 0.730. The van der Waals surface area contributed by atoms with Crippen molar-refractivity contribution >= 4 is 19.8 Å². The number of carbonyl (C=O) groups excluding carboxylic acids is 2. The van der Waals surface area contributed by atoms with Gasteiger partial charge in [0.1, 0.15) is 6.61 Å². The third kappa shape index (κ3) is 34.9. The Morgan fingerprint density at radius 3 is 1.57 bits per heavy atom. The molecule has 0 heterocycles. The van der Waals surface area contributed by atoms with E-state index in [0.29, 0.717) is 12.8 Å². The molecule has 0 aliphatic carbocycles. The topological polar surface area (TPSA) is 119 Å². The third-order valence-corrected chi connectivity index (χ3v) is 7.85. The lowest BCUT2D eigenvalue weighted by molar-refractivity contribution is -0.161. The van der Waals surface area contributed by atoms with Crippen molar-refractivity contribution in [3.63, 3.8) is 0 Å². The summed E-state index contributed by atoms with van der Waals surface area (Å²) in [7, 11) is -4.75. The maximum atomic E-state index is 12.3. The molecule has 0 aromatic rings. The van der Waals surface area contributed by atoms with Crippen LogP contribution in [0.5, 0.6) is 0 Å². The first-order valence-electron chi connectivity index (χ1n) is 17.9. The molecule has 1 atom stereocenters. The van der Waals surface area contributed by atoms with Crippen LogP contribution < -0.4 is 0 Å². The van der Waals surface area contributed by atoms with Crippen LogP contribution in [0.3, 0.4) is 0 Å². The highest BCUT2D eigenvalue weighted by Gasteiger charge is 2.22. The van der Waals surface area contributed by atoms with Gasteiger partial charge < -0.3 is 19.3 Å². The molecule has 0 saturated carbocycles. The number of hydrogen-bond donors (Lipinski definition) is 2. The first-order chi connectivity index (χ1) is 22.3. The maximum Gasteiger partial charge on any atom is 0.469 e. The molecule has 46 heavy (non-hydrogen) atoms. The number of rotatable bonds is 32. The van der Waals surface area contributed by atoms with Crippen molar-refractivity contribution in [2.75, 3.05) is 13.2 Å². The van der Waals surface area contributed by atoms with Gasteiger partial charge in [-0.3, -0.25) is 14.1 Å². The first-order valence-corrected chi connectivity index (χ1v) is 19.5. The number of ether oxygens (including phenoxy) is 2. The van der Waals surface area contributed by atoms with E-state index in [9.17, 15) is 14.2 Å². The summed E-state index contributed by atoms with van der Waals surface area (Å²) in [5.74, 6) is -0.916. The smallest absolute Gasteiger partial charge is 0.462 e. The molecule has 0 spiro atoms. The molecule has 0 bridgehead atoms. The molecule has 0 radical (unpaired) electrons. The minimum Gasteiger partial charge on any atom is -0.462 e. The molecule has 0 aromatic heterocycles. The zero-order valence-electron chi connectivity index (χ0n) is 29.0. The molecule has 0 unspecified atom stereocenters. The van der Waals surface area contributed by atoms with E-state index in [1.54, 1.807) is 0 Å². The summed E-state index contributed by atoms with van der Waals surface area (Å²) in [6.07, 6.45) is 38.3. The standard InChI is InChI=1S/C37H65O8P/c1-3-5-7-9-11-13-15-16-17-18-19-20-22-23-25-27-29-31-36(38)43-33-35(34-44-46(40,41)42)45-37(39)32-30-28-26-24-21-14-12-10-8-6-4-2/h5,7,11,13,16-17,19-20,35H,3-4,6,8-10,12,14-15,18,21-34H2,1-2H3,(H2,40,41,42)/b7-5-,13-11-,17-16-,20-19-/t35-/m1/s1. The van der Waals surface area contributed by atoms with Crippen LogP contribution in [0.2, 0.25) is 0 Å². The number of esters is 2. The molecule has 0 aromatic carbocycles. The number of carbonyl (C=O) groups is 2. The van der Waals surface area contributed by atoms with Crippen LogP contribution in [0.15, 0.2) is 48.6 Å². The van der Waals surface area contributed by atoms with E-state index in [2.05, 4.69) is 67.0 Å². The minimum atomic E-state index is -4.75. The number of allylic oxidation sites excluding steroid dienone is 8. The van der Waals surface area contributed by atoms with Gasteiger partial charge in [-0.25, -0.2) is 4.57 Å². The molecule has 0 rings (SSSR count). The van der Waals surface area contributed by atoms with Crippen LogP contribution in [0.4, 0.5) is 0 Å². The lowest BCUT2D eigenvalue weighted by Crippen LogP contribution is -2.29. The Hall–Kier alpha value is -1.99. The van der Waals surface area contributed by atoms with Crippen LogP contribution in [0.1, 0.15) is 155 Å². The van der Waals surface area contributed by atoms with Gasteiger partial charge in [-0.1, -0.05) is 140 Å². The summed E-state index contributed by atoms with van der Waals surface area (Å²) < 4.78 is 26.2. The molecular formula is C37H65O8P. The van der Waals surface area contributed by atoms with Crippen LogP contribution in [0, 0.1) is 0 Å². The average molecular weight is 669 g/mol. The number of phosphoric acid groups is 1. The Balaban J connectivity index is 4.03. The van der Waals surface area contributed by atoms with E-state index in [0.717, 1.165) is 70.6 Å². The van der Waals surface area contributed by atoms with Gasteiger partial charge in [-0.15, -0.1) is 0 Å². The van der Waals surface area contributed by atoms with Crippen LogP contribution in [-0.2, 0) is 28.2 Å². The zero-order valence-corrected chi connectivity index (χ0v) is 29.9. The van der Waals surface area contributed by atoms with E-state index in [-0.39, 0.29) is 19.4 Å². The van der Waals surface area contributed by atoms with Gasteiger partial charge in [0.05, 0.1) is 6.61 Å². The van der Waals surface area contributed by atoms with Gasteiger partial charge in [0.15, 0.2) is 6.10 Å². The molecule has 2 N–H and O–H groups in total. The molecule has 0 amide bonds. The predicted octanol–water partition coefficient (Wildman–Crippen LogP) is 10.4. The lowest BCUT2D eigenvalue weighted by Gasteiger charge is -2.18. The predicted molar refractivity (Wildman–Crippen MR) is 188 cm³/mol. The van der Waals surface area contributed by atoms with Crippen molar-refractivity contribution in [3.8, 4) is 0 Å². The van der Waals surface area contributed by atoms with Gasteiger partial charge in [0, 0.05) is 12.8 Å². The van der Waals surface area contributed by atoms with Crippen molar-refractivity contribution in [1.82, 2.24) is 0 Å². The molecule has 0 saturated heterocycles. The Kier molecular flexibility index (Phi) is 31.5. The van der Waals surface area contributed by atoms with Crippen molar-refractivity contribution in [2.24, 2.45) is 0 Å². The molecular weight excluding hydrogens is 603 g/mol. The summed E-state index contributed by atoms with van der Waals surface area (Å²) in [4.78, 5) is 42.6. The van der Waals surface area contributed by atoms with E-state index >= 15 is 0 Å². The molecule has 0 aliphatic rings. The Labute approximate surface area is 280 Å². The monoisotopic (exact) mass is 668 g/mol. The highest BCUT2D eigenvalue weighted by atomic mass is 31.2. The number of unbranched alkanes of at least 4 members (excludes halogenated alkanes) is 14. The minimum absolute atomic E-state index is 0.207. The lowest BCUT2D eigenvalue weighted by atomic mass is 10.1. The Morgan fingerprint density at radius 1 is 0.587 bits per heavy atom. The Bertz CT molecular complexity index is 890. The van der Waals surface area contributed by atoms with Crippen molar-refractivity contribution in [3.05, 3.63) is 48.6 Å². The molecule has 8 nitrogen and oxygen atoms in total. The summed E-state index contributed by atoms with van der Waals surface area (Å²) >= 11 is 0. The van der Waals surface area contributed by atoms with Crippen molar-refractivity contribution in [1.29, 1.82) is 0 Å². The zero-order chi connectivity index (χ0) is 34.0. The van der Waals surface area contributed by atoms with Gasteiger partial charge in [-0.2, -0.15) is 0 Å². The fourth-order valence-corrected chi connectivity index (χ4v) is 5.08. The van der Waals surface area contributed by atoms with Gasteiger partial charge in [0.25, 0.3) is 0 Å². The molecule has 266 valence electrons. The van der Waals surface area contributed by atoms with E-state index in [4.69, 9.17) is 19.3 Å². The highest BCUT2D eigenvalue weighted by Crippen LogP contribution is 2.36. The Morgan fingerprint density at radius 2 is 1.04 bits per heavy atom. The van der Waals surface area contributed by atoms with Crippen LogP contribution in [0.25, 0.3) is 0 Å². The van der Waals surface area contributed by atoms with Crippen molar-refractivity contribution < 1.29 is 37.9 Å². The molecule has 0 aliphatic heterocycles. The van der Waals surface area contributed by atoms with Gasteiger partial charge >= 0.3 is 19.8 Å². The second-order valence-electron chi connectivity index (χ2n) is 11.8. The SMILES string of the molecule is CC/C=C\C/C=C\C/C=C\C/C=C\CCCCCCC(=O)OC[C@H](COP(=O)(O)O)OC(=O)CCCCCCCCCCCCC. The van der Waals surface area contributed by atoms with Gasteiger partial charge in [0.2, 0.25) is 0 Å². The van der Waals surface area contributed by atoms with Crippen LogP contribution >= 0.6 is 7.82 Å². The normalized spacial score (nSPS) is 13.0. The summed E-state index contributed by atoms with van der Waals surface area (Å²) in [6, 6.07) is 0. The summed E-state index contributed by atoms with van der Waals surface area (Å²) in [6.45, 7) is 3.52. The second kappa shape index (κ2) is 32.9. The van der Waals surface area contributed by atoms with Crippen molar-refractivity contribution in [2.45, 2.75) is 161 Å².